The minimum Gasteiger partial charge on any atom is -0.442 e. The summed E-state index contributed by atoms with van der Waals surface area (Å²) in [5.41, 5.74) is 1.47. The van der Waals surface area contributed by atoms with Gasteiger partial charge in [0.15, 0.2) is 0 Å². The number of hydrogen-bond donors (Lipinski definition) is 2. The lowest BCUT2D eigenvalue weighted by atomic mass is 9.83. The Kier molecular flexibility index (Phi) is 5.57. The van der Waals surface area contributed by atoms with Crippen LogP contribution in [0, 0.1) is 0 Å². The third kappa shape index (κ3) is 3.58. The number of carbonyl (C=O) groups is 1. The molecule has 0 aliphatic rings. The van der Waals surface area contributed by atoms with Gasteiger partial charge in [0.25, 0.3) is 6.47 Å². The van der Waals surface area contributed by atoms with Crippen molar-refractivity contribution in [3.63, 3.8) is 0 Å². The molecule has 0 spiro atoms. The fourth-order valence-electron chi connectivity index (χ4n) is 3.39. The predicted octanol–water partition coefficient (Wildman–Crippen LogP) is 4.02. The van der Waals surface area contributed by atoms with Crippen LogP contribution in [-0.4, -0.2) is 16.3 Å². The molecule has 1 unspecified atom stereocenters. The molecule has 27 heavy (non-hydrogen) atoms. The molecule has 0 saturated heterocycles. The molecule has 0 aliphatic carbocycles. The van der Waals surface area contributed by atoms with Crippen molar-refractivity contribution >= 4 is 14.1 Å². The van der Waals surface area contributed by atoms with Crippen LogP contribution >= 0.6 is 7.60 Å². The smallest absolute Gasteiger partial charge is 0.374 e. The van der Waals surface area contributed by atoms with E-state index >= 15 is 0 Å². The lowest BCUT2D eigenvalue weighted by Gasteiger charge is -2.40. The maximum absolute atomic E-state index is 12.8. The second-order valence-corrected chi connectivity index (χ2v) is 7.83. The molecule has 6 heteroatoms. The van der Waals surface area contributed by atoms with Crippen molar-refractivity contribution < 1.29 is 23.9 Å². The van der Waals surface area contributed by atoms with E-state index in [1.54, 1.807) is 78.9 Å². The Labute approximate surface area is 157 Å². The number of rotatable bonds is 7. The van der Waals surface area contributed by atoms with Gasteiger partial charge < -0.3 is 14.5 Å². The number of ether oxygens (including phenoxy) is 1. The Morgan fingerprint density at radius 2 is 1.19 bits per heavy atom. The first-order chi connectivity index (χ1) is 13.0. The van der Waals surface area contributed by atoms with Gasteiger partial charge >= 0.3 is 7.60 Å². The van der Waals surface area contributed by atoms with Gasteiger partial charge in [-0.3, -0.25) is 9.36 Å². The normalized spacial score (nSPS) is 13.7. The molecule has 3 aromatic carbocycles. The molecule has 0 amide bonds. The molecule has 3 rings (SSSR count). The van der Waals surface area contributed by atoms with E-state index in [-0.39, 0.29) is 12.0 Å². The molecule has 5 nitrogen and oxygen atoms in total. The fraction of sp³-hybridized carbons (Fsp3) is 0.0952. The largest absolute Gasteiger partial charge is 0.442 e. The lowest BCUT2D eigenvalue weighted by Crippen LogP contribution is -2.37. The van der Waals surface area contributed by atoms with Gasteiger partial charge in [0.1, 0.15) is 0 Å². The maximum atomic E-state index is 12.8. The van der Waals surface area contributed by atoms with E-state index < -0.39 is 18.9 Å². The summed E-state index contributed by atoms with van der Waals surface area (Å²) in [6.45, 7) is 0.102. The molecule has 0 radical (unpaired) electrons. The van der Waals surface area contributed by atoms with Gasteiger partial charge in [0.2, 0.25) is 5.34 Å². The highest BCUT2D eigenvalue weighted by Gasteiger charge is 2.57. The Balaban J connectivity index is 2.39. The van der Waals surface area contributed by atoms with E-state index in [4.69, 9.17) is 4.74 Å². The van der Waals surface area contributed by atoms with Crippen molar-refractivity contribution in [2.45, 2.75) is 11.3 Å². The van der Waals surface area contributed by atoms with E-state index in [9.17, 15) is 19.1 Å². The van der Waals surface area contributed by atoms with Gasteiger partial charge in [-0.25, -0.2) is 0 Å². The summed E-state index contributed by atoms with van der Waals surface area (Å²) < 4.78 is 18.1. The van der Waals surface area contributed by atoms with E-state index in [1.165, 1.54) is 0 Å². The van der Waals surface area contributed by atoms with Crippen LogP contribution < -0.4 is 0 Å². The van der Waals surface area contributed by atoms with Gasteiger partial charge in [-0.15, -0.1) is 0 Å². The van der Waals surface area contributed by atoms with Crippen molar-refractivity contribution in [1.29, 1.82) is 0 Å². The number of benzene rings is 3. The first kappa shape index (κ1) is 19.1. The van der Waals surface area contributed by atoms with Crippen molar-refractivity contribution in [2.24, 2.45) is 0 Å². The quantitative estimate of drug-likeness (QED) is 0.476. The standard InChI is InChI=1S/C21H19O5P/c22-16-26-21(27(23,24)25,19-14-8-3-9-15-19)20(17-10-4-1-5-11-17)18-12-6-2-7-13-18/h1-16,20H,(H2,23,24,25). The summed E-state index contributed by atoms with van der Waals surface area (Å²) in [7, 11) is -4.99. The third-order valence-electron chi connectivity index (χ3n) is 4.51. The van der Waals surface area contributed by atoms with Crippen molar-refractivity contribution in [1.82, 2.24) is 0 Å². The summed E-state index contributed by atoms with van der Waals surface area (Å²) in [6, 6.07) is 25.9. The van der Waals surface area contributed by atoms with Gasteiger partial charge in [0.05, 0.1) is 5.92 Å². The minimum absolute atomic E-state index is 0.102. The van der Waals surface area contributed by atoms with Crippen LogP contribution in [0.1, 0.15) is 22.6 Å². The first-order valence-electron chi connectivity index (χ1n) is 8.33. The Morgan fingerprint density at radius 3 is 1.56 bits per heavy atom. The Bertz CT molecular complexity index is 885. The molecule has 2 N–H and O–H groups in total. The molecular formula is C21H19O5P. The summed E-state index contributed by atoms with van der Waals surface area (Å²) in [5, 5.41) is -2.20. The maximum Gasteiger partial charge on any atom is 0.374 e. The van der Waals surface area contributed by atoms with Gasteiger partial charge in [0, 0.05) is 5.56 Å². The van der Waals surface area contributed by atoms with E-state index in [2.05, 4.69) is 0 Å². The Morgan fingerprint density at radius 1 is 0.778 bits per heavy atom. The number of carbonyl (C=O) groups excluding carboxylic acids is 1. The van der Waals surface area contributed by atoms with E-state index in [0.29, 0.717) is 11.1 Å². The summed E-state index contributed by atoms with van der Waals surface area (Å²) in [5.74, 6) is -0.909. The van der Waals surface area contributed by atoms with Gasteiger partial charge in [-0.2, -0.15) is 0 Å². The minimum atomic E-state index is -4.99. The highest BCUT2D eigenvalue weighted by Crippen LogP contribution is 2.65. The molecule has 0 fully saturated rings. The second kappa shape index (κ2) is 7.89. The molecule has 0 saturated carbocycles. The van der Waals surface area contributed by atoms with E-state index in [0.717, 1.165) is 0 Å². The molecule has 138 valence electrons. The highest BCUT2D eigenvalue weighted by molar-refractivity contribution is 7.53. The van der Waals surface area contributed by atoms with Gasteiger partial charge in [-0.05, 0) is 11.1 Å². The van der Waals surface area contributed by atoms with Crippen molar-refractivity contribution in [3.05, 3.63) is 108 Å². The van der Waals surface area contributed by atoms with Crippen LogP contribution in [0.3, 0.4) is 0 Å². The zero-order valence-corrected chi connectivity index (χ0v) is 15.3. The summed E-state index contributed by atoms with van der Waals surface area (Å²) in [6.07, 6.45) is 0. The molecule has 0 heterocycles. The predicted molar refractivity (Wildman–Crippen MR) is 102 cm³/mol. The molecule has 1 atom stereocenters. The highest BCUT2D eigenvalue weighted by atomic mass is 31.2. The van der Waals surface area contributed by atoms with Crippen LogP contribution in [0.5, 0.6) is 0 Å². The fourth-order valence-corrected chi connectivity index (χ4v) is 4.69. The average molecular weight is 382 g/mol. The second-order valence-electron chi connectivity index (χ2n) is 6.07. The van der Waals surface area contributed by atoms with Crippen LogP contribution in [0.2, 0.25) is 0 Å². The zero-order valence-electron chi connectivity index (χ0n) is 14.4. The van der Waals surface area contributed by atoms with Crippen molar-refractivity contribution in [2.75, 3.05) is 0 Å². The SMILES string of the molecule is O=COC(c1ccccc1)(C(c1ccccc1)c1ccccc1)P(=O)(O)O. The molecule has 0 aliphatic heterocycles. The lowest BCUT2D eigenvalue weighted by molar-refractivity contribution is -0.139. The van der Waals surface area contributed by atoms with Gasteiger partial charge in [-0.1, -0.05) is 91.0 Å². The Hall–Kier alpha value is -2.72. The third-order valence-corrected chi connectivity index (χ3v) is 5.99. The molecule has 3 aromatic rings. The van der Waals surface area contributed by atoms with Crippen LogP contribution in [-0.2, 0) is 19.4 Å². The van der Waals surface area contributed by atoms with Crippen LogP contribution in [0.15, 0.2) is 91.0 Å². The topological polar surface area (TPSA) is 83.8 Å². The monoisotopic (exact) mass is 382 g/mol. The summed E-state index contributed by atoms with van der Waals surface area (Å²) >= 11 is 0. The van der Waals surface area contributed by atoms with Crippen molar-refractivity contribution in [3.8, 4) is 0 Å². The molecule has 0 bridgehead atoms. The average Bonchev–Trinajstić information content (AvgIpc) is 2.69. The van der Waals surface area contributed by atoms with Crippen LogP contribution in [0.25, 0.3) is 0 Å². The molecule has 0 aromatic heterocycles. The van der Waals surface area contributed by atoms with E-state index in [1.807, 2.05) is 12.1 Å². The number of hydrogen-bond acceptors (Lipinski definition) is 3. The van der Waals surface area contributed by atoms with Crippen LogP contribution in [0.4, 0.5) is 0 Å². The zero-order chi connectivity index (χ0) is 19.3. The molecular weight excluding hydrogens is 363 g/mol. The summed E-state index contributed by atoms with van der Waals surface area (Å²) in [4.78, 5) is 32.3. The first-order valence-corrected chi connectivity index (χ1v) is 9.94.